The summed E-state index contributed by atoms with van der Waals surface area (Å²) < 4.78 is 77.7. The minimum atomic E-state index is -4.46. The van der Waals surface area contributed by atoms with E-state index in [9.17, 15) is 26.0 Å². The van der Waals surface area contributed by atoms with Crippen LogP contribution in [0, 0.1) is 5.82 Å². The van der Waals surface area contributed by atoms with Crippen LogP contribution < -0.4 is 16.2 Å². The highest BCUT2D eigenvalue weighted by Crippen LogP contribution is 2.28. The molecule has 2 aromatic carbocycles. The van der Waals surface area contributed by atoms with E-state index in [-0.39, 0.29) is 11.2 Å². The van der Waals surface area contributed by atoms with E-state index in [0.29, 0.717) is 28.4 Å². The molecule has 0 saturated carbocycles. The molecule has 15 heteroatoms. The van der Waals surface area contributed by atoms with Crippen LogP contribution in [-0.2, 0) is 38.6 Å². The number of oxazole rings is 1. The first-order chi connectivity index (χ1) is 16.5. The van der Waals surface area contributed by atoms with Crippen molar-refractivity contribution in [1.82, 2.24) is 13.3 Å². The molecule has 11 nitrogen and oxygen atoms in total. The first kappa shape index (κ1) is 23.6. The summed E-state index contributed by atoms with van der Waals surface area (Å²) in [5.41, 5.74) is 7.54. The number of anilines is 1. The highest BCUT2D eigenvalue weighted by atomic mass is 32.2. The average molecular weight is 540 g/mol. The first-order valence-corrected chi connectivity index (χ1v) is 14.1. The van der Waals surface area contributed by atoms with Crippen molar-refractivity contribution in [3.05, 3.63) is 69.7 Å². The van der Waals surface area contributed by atoms with Crippen LogP contribution in [0.5, 0.6) is 0 Å². The van der Waals surface area contributed by atoms with Gasteiger partial charge < -0.3 is 10.2 Å². The molecule has 0 fully saturated rings. The third-order valence-electron chi connectivity index (χ3n) is 5.70. The molecule has 184 valence electrons. The molecule has 5 rings (SSSR count). The van der Waals surface area contributed by atoms with E-state index in [4.69, 9.17) is 10.2 Å². The fourth-order valence-corrected chi connectivity index (χ4v) is 7.38. The fourth-order valence-electron chi connectivity index (χ4n) is 4.14. The maximum Gasteiger partial charge on any atom is 0.434 e. The Morgan fingerprint density at radius 3 is 2.80 bits per heavy atom. The van der Waals surface area contributed by atoms with Crippen molar-refractivity contribution in [3.8, 4) is 0 Å². The van der Waals surface area contributed by atoms with E-state index < -0.39 is 53.4 Å². The highest BCUT2D eigenvalue weighted by Gasteiger charge is 2.29. The third-order valence-corrected chi connectivity index (χ3v) is 9.35. The monoisotopic (exact) mass is 539 g/mol. The Balaban J connectivity index is 1.56. The number of rotatable bonds is 6. The zero-order valence-electron chi connectivity index (χ0n) is 17.8. The number of fused-ring (bicyclic) bond motifs is 2. The van der Waals surface area contributed by atoms with Gasteiger partial charge in [0.2, 0.25) is 15.2 Å². The molecule has 0 spiro atoms. The van der Waals surface area contributed by atoms with Gasteiger partial charge in [-0.05, 0) is 36.0 Å². The van der Waals surface area contributed by atoms with E-state index >= 15 is 0 Å². The lowest BCUT2D eigenvalue weighted by Gasteiger charge is -2.24. The summed E-state index contributed by atoms with van der Waals surface area (Å²) in [5, 5.41) is -0.1000. The van der Waals surface area contributed by atoms with Gasteiger partial charge in [0.25, 0.3) is 10.0 Å². The maximum atomic E-state index is 14.9. The summed E-state index contributed by atoms with van der Waals surface area (Å²) in [6, 6.07) is 6.58. The second-order valence-electron chi connectivity index (χ2n) is 8.05. The zero-order chi connectivity index (χ0) is 25.0. The standard InChI is InChI=1S/C20H18FN5O6S3/c21-15-7-16-17(8-18(15)35(30,31)25-19-23-10-24-33-19)32-20(27)26(16)34(28,29)9-12-3-1-2-11-4-5-13(22)6-14(11)12/h1-3,7-8,10,13H,4-6,9,22H2,(H,23,24,25). The predicted octanol–water partition coefficient (Wildman–Crippen LogP) is 1.58. The van der Waals surface area contributed by atoms with Crippen molar-refractivity contribution in [2.75, 3.05) is 4.72 Å². The van der Waals surface area contributed by atoms with Gasteiger partial charge in [0, 0.05) is 29.7 Å². The first-order valence-electron chi connectivity index (χ1n) is 10.3. The van der Waals surface area contributed by atoms with Crippen LogP contribution in [0.15, 0.2) is 50.8 Å². The average Bonchev–Trinajstić information content (AvgIpc) is 3.39. The Morgan fingerprint density at radius 1 is 1.26 bits per heavy atom. The summed E-state index contributed by atoms with van der Waals surface area (Å²) in [4.78, 5) is 15.4. The number of halogens is 1. The van der Waals surface area contributed by atoms with Gasteiger partial charge in [-0.3, -0.25) is 4.72 Å². The van der Waals surface area contributed by atoms with E-state index in [1.54, 1.807) is 12.1 Å². The Morgan fingerprint density at radius 2 is 2.06 bits per heavy atom. The van der Waals surface area contributed by atoms with Crippen LogP contribution in [-0.4, -0.2) is 36.2 Å². The number of hydrogen-bond acceptors (Lipinski definition) is 10. The van der Waals surface area contributed by atoms with Gasteiger partial charge in [-0.1, -0.05) is 18.2 Å². The topological polar surface area (TPSA) is 167 Å². The molecule has 0 bridgehead atoms. The minimum Gasteiger partial charge on any atom is -0.407 e. The molecule has 1 aliphatic carbocycles. The van der Waals surface area contributed by atoms with Crippen LogP contribution in [0.4, 0.5) is 9.52 Å². The van der Waals surface area contributed by atoms with E-state index in [1.165, 1.54) is 0 Å². The van der Waals surface area contributed by atoms with Crippen molar-refractivity contribution in [1.29, 1.82) is 0 Å². The normalized spacial score (nSPS) is 16.3. The number of hydrogen-bond donors (Lipinski definition) is 2. The van der Waals surface area contributed by atoms with Crippen molar-refractivity contribution in [2.24, 2.45) is 5.73 Å². The van der Waals surface area contributed by atoms with E-state index in [2.05, 4.69) is 14.1 Å². The zero-order valence-corrected chi connectivity index (χ0v) is 20.3. The fraction of sp³-hybridized carbons (Fsp3) is 0.250. The van der Waals surface area contributed by atoms with Gasteiger partial charge in [-0.15, -0.1) is 0 Å². The van der Waals surface area contributed by atoms with E-state index in [1.807, 2.05) is 6.07 Å². The second kappa shape index (κ2) is 8.51. The lowest BCUT2D eigenvalue weighted by Crippen LogP contribution is -2.30. The Labute approximate surface area is 202 Å². The number of benzene rings is 2. The van der Waals surface area contributed by atoms with Gasteiger partial charge in [0.05, 0.1) is 5.75 Å². The van der Waals surface area contributed by atoms with Gasteiger partial charge in [0.1, 0.15) is 22.6 Å². The molecule has 0 amide bonds. The number of aromatic nitrogens is 3. The van der Waals surface area contributed by atoms with E-state index in [0.717, 1.165) is 41.5 Å². The summed E-state index contributed by atoms with van der Waals surface area (Å²) in [6.07, 6.45) is 3.11. The summed E-state index contributed by atoms with van der Waals surface area (Å²) in [7, 11) is -8.82. The molecule has 1 unspecified atom stereocenters. The minimum absolute atomic E-state index is 0.1000. The smallest absolute Gasteiger partial charge is 0.407 e. The Kier molecular flexibility index (Phi) is 5.74. The van der Waals surface area contributed by atoms with Crippen LogP contribution in [0.2, 0.25) is 0 Å². The molecular formula is C20H18FN5O6S3. The molecule has 0 saturated heterocycles. The largest absolute Gasteiger partial charge is 0.434 e. The number of nitrogens with two attached hydrogens (primary N) is 1. The number of aryl methyl sites for hydroxylation is 1. The molecular weight excluding hydrogens is 521 g/mol. The van der Waals surface area contributed by atoms with Gasteiger partial charge in [-0.2, -0.15) is 8.35 Å². The Hall–Kier alpha value is -3.14. The second-order valence-corrected chi connectivity index (χ2v) is 12.3. The summed E-state index contributed by atoms with van der Waals surface area (Å²) in [5.74, 6) is -3.10. The van der Waals surface area contributed by atoms with Gasteiger partial charge >= 0.3 is 5.76 Å². The Bertz CT molecular complexity index is 1710. The van der Waals surface area contributed by atoms with Crippen molar-refractivity contribution in [3.63, 3.8) is 0 Å². The van der Waals surface area contributed by atoms with Crippen LogP contribution in [0.3, 0.4) is 0 Å². The maximum absolute atomic E-state index is 14.9. The van der Waals surface area contributed by atoms with Crippen LogP contribution in [0.25, 0.3) is 11.1 Å². The SMILES string of the molecule is NC1CCc2cccc(CS(=O)(=O)n3c(=O)oc4cc(S(=O)(=O)Nc5ncns5)c(F)cc43)c2C1. The number of nitrogens with zero attached hydrogens (tertiary/aromatic N) is 3. The van der Waals surface area contributed by atoms with Gasteiger partial charge in [-0.25, -0.2) is 31.0 Å². The predicted molar refractivity (Wildman–Crippen MR) is 126 cm³/mol. The molecule has 3 N–H and O–H groups in total. The molecule has 1 aliphatic rings. The molecule has 2 heterocycles. The molecule has 1 atom stereocenters. The van der Waals surface area contributed by atoms with Crippen molar-refractivity contribution >= 4 is 47.8 Å². The van der Waals surface area contributed by atoms with Gasteiger partial charge in [0.15, 0.2) is 5.58 Å². The lowest BCUT2D eigenvalue weighted by atomic mass is 9.86. The third kappa shape index (κ3) is 4.35. The quantitative estimate of drug-likeness (QED) is 0.370. The molecule has 2 aromatic heterocycles. The molecule has 0 aliphatic heterocycles. The molecule has 4 aromatic rings. The molecule has 0 radical (unpaired) electrons. The van der Waals surface area contributed by atoms with Crippen LogP contribution in [0.1, 0.15) is 23.1 Å². The summed E-state index contributed by atoms with van der Waals surface area (Å²) in [6.45, 7) is 0. The lowest BCUT2D eigenvalue weighted by molar-refractivity contribution is 0.531. The number of nitrogens with one attached hydrogen (secondary N) is 1. The van der Waals surface area contributed by atoms with Crippen molar-refractivity contribution in [2.45, 2.75) is 36.0 Å². The highest BCUT2D eigenvalue weighted by molar-refractivity contribution is 7.93. The van der Waals surface area contributed by atoms with Crippen molar-refractivity contribution < 1.29 is 25.6 Å². The summed E-state index contributed by atoms with van der Waals surface area (Å²) >= 11 is 0.736. The van der Waals surface area contributed by atoms with Crippen LogP contribution >= 0.6 is 11.5 Å². The number of sulfonamides is 1. The molecule has 35 heavy (non-hydrogen) atoms.